The number of halogens is 1. The van der Waals surface area contributed by atoms with Crippen LogP contribution in [0.15, 0.2) is 95.5 Å². The molecule has 3 heteroatoms. The lowest BCUT2D eigenvalue weighted by atomic mass is 9.86. The van der Waals surface area contributed by atoms with E-state index in [1.807, 2.05) is 42.5 Å². The predicted molar refractivity (Wildman–Crippen MR) is 160 cm³/mol. The standard InChI is InChI=1S/C36H32FNO/c1-22-18-24(20-36(3,4)5)14-15-26(22)30-19-32(38-21-23(30)2)28-16-17-31(37)33-29-13-9-12-27(34(29)39-35(28)33)25-10-7-6-8-11-25/h6-19,21H,20H2,1-5H3/i1D3,2D3,15D,20D2. The third-order valence-electron chi connectivity index (χ3n) is 6.59. The Bertz CT molecular complexity index is 2190. The molecule has 0 bridgehead atoms. The molecule has 4 aromatic carbocycles. The van der Waals surface area contributed by atoms with Gasteiger partial charge in [0.05, 0.1) is 12.5 Å². The van der Waals surface area contributed by atoms with Crippen molar-refractivity contribution in [2.45, 2.75) is 40.8 Å². The number of nitrogens with zero attached hydrogens (tertiary/aromatic N) is 1. The van der Waals surface area contributed by atoms with Gasteiger partial charge in [-0.15, -0.1) is 0 Å². The molecule has 2 heterocycles. The number of rotatable bonds is 4. The Hall–Kier alpha value is -4.24. The number of para-hydroxylation sites is 1. The number of hydrogen-bond donors (Lipinski definition) is 0. The topological polar surface area (TPSA) is 26.0 Å². The van der Waals surface area contributed by atoms with E-state index >= 15 is 4.39 Å². The van der Waals surface area contributed by atoms with Crippen LogP contribution in [0.5, 0.6) is 0 Å². The van der Waals surface area contributed by atoms with Crippen molar-refractivity contribution in [2.75, 3.05) is 0 Å². The van der Waals surface area contributed by atoms with Crippen molar-refractivity contribution in [3.05, 3.63) is 114 Å². The molecule has 0 aliphatic rings. The van der Waals surface area contributed by atoms with Gasteiger partial charge in [-0.3, -0.25) is 4.98 Å². The quantitative estimate of drug-likeness (QED) is 0.230. The van der Waals surface area contributed by atoms with Gasteiger partial charge >= 0.3 is 0 Å². The summed E-state index contributed by atoms with van der Waals surface area (Å²) in [5.74, 6) is -0.529. The molecular formula is C36H32FNO. The molecule has 0 radical (unpaired) electrons. The summed E-state index contributed by atoms with van der Waals surface area (Å²) < 4.78 is 98.2. The van der Waals surface area contributed by atoms with E-state index in [9.17, 15) is 0 Å². The number of hydrogen-bond acceptors (Lipinski definition) is 2. The number of furan rings is 1. The Morgan fingerprint density at radius 3 is 2.44 bits per heavy atom. The lowest BCUT2D eigenvalue weighted by Crippen LogP contribution is -2.09. The second-order valence-electron chi connectivity index (χ2n) is 10.6. The second-order valence-corrected chi connectivity index (χ2v) is 10.6. The van der Waals surface area contributed by atoms with Gasteiger partial charge in [-0.2, -0.15) is 0 Å². The summed E-state index contributed by atoms with van der Waals surface area (Å²) in [5, 5.41) is 0.744. The molecule has 0 aliphatic carbocycles. The number of aryl methyl sites for hydroxylation is 2. The SMILES string of the molecule is [2H]c1cc(C([2H])([2H])C(C)(C)C)cc(C([2H])([2H])[2H])c1-c1cc(-c2ccc(F)c3c2oc2c(-c4ccccc4)cccc23)ncc1C([2H])([2H])[2H]. The number of fused-ring (bicyclic) bond motifs is 3. The summed E-state index contributed by atoms with van der Waals surface area (Å²) in [4.78, 5) is 4.44. The zero-order chi connectivity index (χ0) is 35.0. The fraction of sp³-hybridized carbons (Fsp3) is 0.194. The average molecular weight is 523 g/mol. The number of aromatic nitrogens is 1. The Kier molecular flexibility index (Phi) is 4.06. The normalized spacial score (nSPS) is 16.4. The van der Waals surface area contributed by atoms with Crippen molar-refractivity contribution in [1.82, 2.24) is 4.98 Å². The summed E-state index contributed by atoms with van der Waals surface area (Å²) in [5.41, 5.74) is 0.908. The minimum Gasteiger partial charge on any atom is -0.455 e. The van der Waals surface area contributed by atoms with Crippen LogP contribution < -0.4 is 0 Å². The van der Waals surface area contributed by atoms with Crippen molar-refractivity contribution in [2.24, 2.45) is 5.41 Å². The zero-order valence-electron chi connectivity index (χ0n) is 30.8. The van der Waals surface area contributed by atoms with E-state index < -0.39 is 31.3 Å². The second kappa shape index (κ2) is 9.50. The van der Waals surface area contributed by atoms with Gasteiger partial charge in [-0.25, -0.2) is 4.39 Å². The highest BCUT2D eigenvalue weighted by Crippen LogP contribution is 2.41. The van der Waals surface area contributed by atoms with Gasteiger partial charge < -0.3 is 4.42 Å². The van der Waals surface area contributed by atoms with Crippen LogP contribution in [0.1, 0.15) is 49.8 Å². The molecule has 0 saturated heterocycles. The average Bonchev–Trinajstić information content (AvgIpc) is 3.40. The van der Waals surface area contributed by atoms with Crippen LogP contribution in [0.3, 0.4) is 0 Å². The van der Waals surface area contributed by atoms with Crippen LogP contribution in [-0.4, -0.2) is 4.98 Å². The predicted octanol–water partition coefficient (Wildman–Crippen LogP) is 10.3. The first-order chi connectivity index (χ1) is 22.3. The van der Waals surface area contributed by atoms with Crippen molar-refractivity contribution in [3.8, 4) is 33.5 Å². The van der Waals surface area contributed by atoms with Crippen LogP contribution in [0.4, 0.5) is 4.39 Å². The molecule has 39 heavy (non-hydrogen) atoms. The number of benzene rings is 4. The molecule has 0 N–H and O–H groups in total. The highest BCUT2D eigenvalue weighted by Gasteiger charge is 2.20. The first kappa shape index (κ1) is 16.7. The summed E-state index contributed by atoms with van der Waals surface area (Å²) >= 11 is 0. The van der Waals surface area contributed by atoms with E-state index in [2.05, 4.69) is 4.98 Å². The molecule has 6 aromatic rings. The van der Waals surface area contributed by atoms with Gasteiger partial charge in [-0.1, -0.05) is 87.5 Å². The van der Waals surface area contributed by atoms with Crippen molar-refractivity contribution < 1.29 is 21.1 Å². The molecule has 0 amide bonds. The van der Waals surface area contributed by atoms with Crippen molar-refractivity contribution >= 4 is 21.9 Å². The van der Waals surface area contributed by atoms with E-state index in [0.717, 1.165) is 17.3 Å². The van der Waals surface area contributed by atoms with Gasteiger partial charge in [0.25, 0.3) is 0 Å². The van der Waals surface area contributed by atoms with Crippen molar-refractivity contribution in [3.63, 3.8) is 0 Å². The molecule has 2 aromatic heterocycles. The third-order valence-corrected chi connectivity index (χ3v) is 6.59. The van der Waals surface area contributed by atoms with E-state index in [1.165, 1.54) is 30.3 Å². The molecule has 0 fully saturated rings. The van der Waals surface area contributed by atoms with E-state index in [4.69, 9.17) is 16.8 Å². The number of pyridine rings is 1. The van der Waals surface area contributed by atoms with Crippen LogP contribution in [0, 0.1) is 24.9 Å². The smallest absolute Gasteiger partial charge is 0.147 e. The van der Waals surface area contributed by atoms with E-state index in [1.54, 1.807) is 26.8 Å². The Labute approximate surface area is 241 Å². The van der Waals surface area contributed by atoms with Gasteiger partial charge in [-0.05, 0) is 77.1 Å². The first-order valence-corrected chi connectivity index (χ1v) is 12.7. The maximum Gasteiger partial charge on any atom is 0.147 e. The van der Waals surface area contributed by atoms with Crippen LogP contribution >= 0.6 is 0 Å². The largest absolute Gasteiger partial charge is 0.455 e. The van der Waals surface area contributed by atoms with Crippen LogP contribution in [0.25, 0.3) is 55.4 Å². The molecule has 0 saturated carbocycles. The van der Waals surface area contributed by atoms with Crippen LogP contribution in [0.2, 0.25) is 0 Å². The van der Waals surface area contributed by atoms with E-state index in [0.29, 0.717) is 16.5 Å². The van der Waals surface area contributed by atoms with Gasteiger partial charge in [0, 0.05) is 33.7 Å². The van der Waals surface area contributed by atoms with Gasteiger partial charge in [0.15, 0.2) is 0 Å². The molecule has 6 rings (SSSR count). The maximum atomic E-state index is 15.5. The molecule has 0 atom stereocenters. The highest BCUT2D eigenvalue weighted by molar-refractivity contribution is 6.13. The lowest BCUT2D eigenvalue weighted by molar-refractivity contribution is 0.411. The summed E-state index contributed by atoms with van der Waals surface area (Å²) in [7, 11) is 0. The molecule has 2 nitrogen and oxygen atoms in total. The van der Waals surface area contributed by atoms with E-state index in [-0.39, 0.29) is 50.5 Å². The Morgan fingerprint density at radius 1 is 0.846 bits per heavy atom. The molecular weight excluding hydrogens is 481 g/mol. The Morgan fingerprint density at radius 2 is 1.67 bits per heavy atom. The monoisotopic (exact) mass is 522 g/mol. The fourth-order valence-corrected chi connectivity index (χ4v) is 4.94. The lowest BCUT2D eigenvalue weighted by Gasteiger charge is -2.19. The highest BCUT2D eigenvalue weighted by atomic mass is 19.1. The molecule has 0 unspecified atom stereocenters. The van der Waals surface area contributed by atoms with Crippen LogP contribution in [-0.2, 0) is 6.37 Å². The first-order valence-electron chi connectivity index (χ1n) is 17.2. The third kappa shape index (κ3) is 4.63. The fourth-order valence-electron chi connectivity index (χ4n) is 4.94. The minimum atomic E-state index is -2.83. The molecule has 194 valence electrons. The summed E-state index contributed by atoms with van der Waals surface area (Å²) in [6.07, 6.45) is -0.896. The maximum absolute atomic E-state index is 15.5. The van der Waals surface area contributed by atoms with Gasteiger partial charge in [0.1, 0.15) is 17.0 Å². The summed E-state index contributed by atoms with van der Waals surface area (Å²) in [6, 6.07) is 21.2. The summed E-state index contributed by atoms with van der Waals surface area (Å²) in [6.45, 7) is -0.566. The molecule has 0 aliphatic heterocycles. The van der Waals surface area contributed by atoms with Gasteiger partial charge in [0.2, 0.25) is 0 Å². The minimum absolute atomic E-state index is 0.00340. The Balaban J connectivity index is 1.65. The zero-order valence-corrected chi connectivity index (χ0v) is 21.8. The molecule has 0 spiro atoms. The van der Waals surface area contributed by atoms with Crippen molar-refractivity contribution in [1.29, 1.82) is 0 Å².